The number of unbranched alkanes of at least 4 members (excludes halogenated alkanes) is 3. The van der Waals surface area contributed by atoms with Gasteiger partial charge in [-0.3, -0.25) is 0 Å². The summed E-state index contributed by atoms with van der Waals surface area (Å²) in [6.45, 7) is 1.84. The van der Waals surface area contributed by atoms with Gasteiger partial charge < -0.3 is 21.7 Å². The summed E-state index contributed by atoms with van der Waals surface area (Å²) in [4.78, 5) is 0.959. The van der Waals surface area contributed by atoms with E-state index in [-0.39, 0.29) is 0 Å². The van der Waals surface area contributed by atoms with Crippen LogP contribution in [0.15, 0.2) is 47.0 Å². The van der Waals surface area contributed by atoms with Crippen LogP contribution < -0.4 is 21.7 Å². The molecule has 1 aliphatic carbocycles. The van der Waals surface area contributed by atoms with Gasteiger partial charge >= 0.3 is 0 Å². The van der Waals surface area contributed by atoms with E-state index in [1.807, 2.05) is 13.1 Å². The Hall–Kier alpha value is -1.59. The lowest BCUT2D eigenvalue weighted by atomic mass is 10.1. The number of hydrogen-bond acceptors (Lipinski definition) is 5. The fraction of sp³-hybridized carbons (Fsp3) is 0.474. The van der Waals surface area contributed by atoms with Crippen LogP contribution in [0, 0.1) is 0 Å². The Bertz CT molecular complexity index is 568. The van der Waals surface area contributed by atoms with Crippen LogP contribution in [-0.2, 0) is 0 Å². The molecule has 0 bridgehead atoms. The molecule has 0 radical (unpaired) electrons. The second kappa shape index (κ2) is 10.3. The predicted molar refractivity (Wildman–Crippen MR) is 108 cm³/mol. The van der Waals surface area contributed by atoms with E-state index >= 15 is 0 Å². The maximum Gasteiger partial charge on any atom is 0.0483 e. The van der Waals surface area contributed by atoms with Crippen molar-refractivity contribution in [2.24, 2.45) is 5.73 Å². The maximum absolute atomic E-state index is 5.50. The molecule has 1 aliphatic rings. The lowest BCUT2D eigenvalue weighted by molar-refractivity contribution is 0.623. The number of nitrogens with two attached hydrogens (primary N) is 1. The maximum atomic E-state index is 5.50. The molecule has 1 unspecified atom stereocenters. The zero-order valence-electron chi connectivity index (χ0n) is 14.5. The summed E-state index contributed by atoms with van der Waals surface area (Å²) < 4.78 is 0. The Labute approximate surface area is 151 Å². The predicted octanol–water partition coefficient (Wildman–Crippen LogP) is 3.75. The molecule has 4 nitrogen and oxygen atoms in total. The summed E-state index contributed by atoms with van der Waals surface area (Å²) in [6, 6.07) is 6.47. The molecule has 0 spiro atoms. The first-order valence-electron chi connectivity index (χ1n) is 8.82. The van der Waals surface area contributed by atoms with Crippen LogP contribution in [0.5, 0.6) is 0 Å². The van der Waals surface area contributed by atoms with Gasteiger partial charge in [0.15, 0.2) is 0 Å². The molecule has 5 N–H and O–H groups in total. The number of rotatable bonds is 10. The van der Waals surface area contributed by atoms with Crippen molar-refractivity contribution in [1.82, 2.24) is 5.32 Å². The van der Waals surface area contributed by atoms with E-state index in [0.29, 0.717) is 6.04 Å². The summed E-state index contributed by atoms with van der Waals surface area (Å²) >= 11 is 4.56. The van der Waals surface area contributed by atoms with Gasteiger partial charge in [0, 0.05) is 41.6 Å². The quantitative estimate of drug-likeness (QED) is 0.331. The summed E-state index contributed by atoms with van der Waals surface area (Å²) in [5.41, 5.74) is 8.87. The monoisotopic (exact) mass is 346 g/mol. The summed E-state index contributed by atoms with van der Waals surface area (Å²) in [7, 11) is 1.91. The molecule has 1 atom stereocenters. The van der Waals surface area contributed by atoms with Gasteiger partial charge in [-0.1, -0.05) is 25.0 Å². The SMILES string of the molecule is CNc1ccc(NC2C=CC(NCCCCCCN)=CC2)c(S)c1. The van der Waals surface area contributed by atoms with Crippen molar-refractivity contribution in [3.63, 3.8) is 0 Å². The van der Waals surface area contributed by atoms with Gasteiger partial charge in [0.2, 0.25) is 0 Å². The standard InChI is InChI=1S/C19H30N4S/c1-21-17-10-11-18(19(24)14-17)23-16-8-6-15(7-9-16)22-13-5-3-2-4-12-20/h6-8,10-11,14,16,21-24H,2-5,9,12-13,20H2,1H3. The molecule has 1 aromatic carbocycles. The number of hydrogen-bond donors (Lipinski definition) is 5. The Morgan fingerprint density at radius 2 is 2.04 bits per heavy atom. The zero-order chi connectivity index (χ0) is 17.2. The Morgan fingerprint density at radius 3 is 2.71 bits per heavy atom. The average Bonchev–Trinajstić information content (AvgIpc) is 2.61. The van der Waals surface area contributed by atoms with Crippen molar-refractivity contribution in [2.45, 2.75) is 43.0 Å². The minimum atomic E-state index is 0.312. The van der Waals surface area contributed by atoms with Gasteiger partial charge in [0.05, 0.1) is 0 Å². The fourth-order valence-corrected chi connectivity index (χ4v) is 3.00. The fourth-order valence-electron chi connectivity index (χ4n) is 2.72. The molecule has 5 heteroatoms. The van der Waals surface area contributed by atoms with E-state index in [0.717, 1.165) is 42.2 Å². The minimum Gasteiger partial charge on any atom is -0.388 e. The van der Waals surface area contributed by atoms with E-state index in [4.69, 9.17) is 5.73 Å². The molecule has 0 heterocycles. The first kappa shape index (κ1) is 18.7. The van der Waals surface area contributed by atoms with Crippen molar-refractivity contribution >= 4 is 24.0 Å². The number of anilines is 2. The van der Waals surface area contributed by atoms with Crippen molar-refractivity contribution in [3.8, 4) is 0 Å². The zero-order valence-corrected chi connectivity index (χ0v) is 15.4. The third-order valence-electron chi connectivity index (χ3n) is 4.19. The topological polar surface area (TPSA) is 62.1 Å². The molecule has 0 saturated heterocycles. The van der Waals surface area contributed by atoms with Crippen molar-refractivity contribution in [2.75, 3.05) is 30.8 Å². The van der Waals surface area contributed by atoms with Crippen molar-refractivity contribution < 1.29 is 0 Å². The van der Waals surface area contributed by atoms with Crippen molar-refractivity contribution in [1.29, 1.82) is 0 Å². The first-order valence-corrected chi connectivity index (χ1v) is 9.27. The van der Waals surface area contributed by atoms with Crippen LogP contribution >= 0.6 is 12.6 Å². The normalized spacial score (nSPS) is 16.6. The molecule has 2 rings (SSSR count). The van der Waals surface area contributed by atoms with Gasteiger partial charge in [-0.2, -0.15) is 0 Å². The molecule has 0 aliphatic heterocycles. The summed E-state index contributed by atoms with van der Waals surface area (Å²) in [5, 5.41) is 10.2. The highest BCUT2D eigenvalue weighted by Crippen LogP contribution is 2.25. The average molecular weight is 347 g/mol. The number of thiol groups is 1. The third kappa shape index (κ3) is 6.13. The van der Waals surface area contributed by atoms with E-state index in [1.54, 1.807) is 0 Å². The summed E-state index contributed by atoms with van der Waals surface area (Å²) in [5.74, 6) is 0. The number of benzene rings is 1. The third-order valence-corrected chi connectivity index (χ3v) is 4.56. The first-order chi connectivity index (χ1) is 11.7. The highest BCUT2D eigenvalue weighted by Gasteiger charge is 2.10. The Balaban J connectivity index is 1.72. The molecule has 0 saturated carbocycles. The molecular weight excluding hydrogens is 316 g/mol. The van der Waals surface area contributed by atoms with Gasteiger partial charge in [0.25, 0.3) is 0 Å². The smallest absolute Gasteiger partial charge is 0.0483 e. The largest absolute Gasteiger partial charge is 0.388 e. The second-order valence-electron chi connectivity index (χ2n) is 6.12. The Kier molecular flexibility index (Phi) is 8.05. The van der Waals surface area contributed by atoms with Gasteiger partial charge in [-0.25, -0.2) is 0 Å². The van der Waals surface area contributed by atoms with Crippen molar-refractivity contribution in [3.05, 3.63) is 42.1 Å². The van der Waals surface area contributed by atoms with E-state index in [1.165, 1.54) is 25.0 Å². The second-order valence-corrected chi connectivity index (χ2v) is 6.60. The minimum absolute atomic E-state index is 0.312. The van der Waals surface area contributed by atoms with Crippen LogP contribution in [0.3, 0.4) is 0 Å². The van der Waals surface area contributed by atoms with Gasteiger partial charge in [-0.05, 0) is 50.1 Å². The van der Waals surface area contributed by atoms with E-state index < -0.39 is 0 Å². The van der Waals surface area contributed by atoms with Crippen LogP contribution in [0.1, 0.15) is 32.1 Å². The van der Waals surface area contributed by atoms with E-state index in [2.05, 4.69) is 58.9 Å². The van der Waals surface area contributed by atoms with Crippen LogP contribution in [0.25, 0.3) is 0 Å². The molecule has 24 heavy (non-hydrogen) atoms. The molecule has 132 valence electrons. The highest BCUT2D eigenvalue weighted by atomic mass is 32.1. The highest BCUT2D eigenvalue weighted by molar-refractivity contribution is 7.80. The Morgan fingerprint density at radius 1 is 1.21 bits per heavy atom. The molecular formula is C19H30N4S. The molecule has 1 aromatic rings. The molecule has 0 fully saturated rings. The number of nitrogens with one attached hydrogen (secondary N) is 3. The molecule has 0 aromatic heterocycles. The lowest BCUT2D eigenvalue weighted by Crippen LogP contribution is -2.22. The van der Waals surface area contributed by atoms with E-state index in [9.17, 15) is 0 Å². The van der Waals surface area contributed by atoms with Crippen LogP contribution in [0.4, 0.5) is 11.4 Å². The van der Waals surface area contributed by atoms with Gasteiger partial charge in [-0.15, -0.1) is 12.6 Å². The summed E-state index contributed by atoms with van der Waals surface area (Å²) in [6.07, 6.45) is 12.4. The molecule has 0 amide bonds. The number of allylic oxidation sites excluding steroid dienone is 1. The lowest BCUT2D eigenvalue weighted by Gasteiger charge is -2.21. The van der Waals surface area contributed by atoms with Gasteiger partial charge in [0.1, 0.15) is 0 Å². The van der Waals surface area contributed by atoms with Crippen LogP contribution in [0.2, 0.25) is 0 Å². The van der Waals surface area contributed by atoms with Crippen LogP contribution in [-0.4, -0.2) is 26.2 Å².